The minimum Gasteiger partial charge on any atom is -0.469 e. The average Bonchev–Trinajstić information content (AvgIpc) is 2.46. The second-order valence-corrected chi connectivity index (χ2v) is 6.74. The lowest BCUT2D eigenvalue weighted by Gasteiger charge is -2.30. The number of sulfonamides is 1. The Balaban J connectivity index is 2.23. The van der Waals surface area contributed by atoms with Gasteiger partial charge in [0.2, 0.25) is 10.0 Å². The molecule has 1 atom stereocenters. The van der Waals surface area contributed by atoms with Gasteiger partial charge in [-0.1, -0.05) is 6.07 Å². The third kappa shape index (κ3) is 2.94. The number of nitrogen functional groups attached to an aromatic ring is 1. The average molecular weight is 298 g/mol. The van der Waals surface area contributed by atoms with Crippen LogP contribution in [0.3, 0.4) is 0 Å². The third-order valence-electron chi connectivity index (χ3n) is 3.41. The molecule has 1 fully saturated rings. The number of rotatable bonds is 3. The van der Waals surface area contributed by atoms with E-state index < -0.39 is 15.9 Å². The van der Waals surface area contributed by atoms with Crippen LogP contribution >= 0.6 is 0 Å². The number of piperidine rings is 1. The molecule has 1 aliphatic heterocycles. The molecule has 0 spiro atoms. The summed E-state index contributed by atoms with van der Waals surface area (Å²) in [7, 11) is -2.30. The van der Waals surface area contributed by atoms with Crippen molar-refractivity contribution in [2.24, 2.45) is 5.92 Å². The molecule has 2 N–H and O–H groups in total. The van der Waals surface area contributed by atoms with Gasteiger partial charge in [0.1, 0.15) is 0 Å². The van der Waals surface area contributed by atoms with Gasteiger partial charge in [0.25, 0.3) is 0 Å². The van der Waals surface area contributed by atoms with E-state index in [9.17, 15) is 13.2 Å². The Morgan fingerprint density at radius 2 is 2.20 bits per heavy atom. The van der Waals surface area contributed by atoms with Crippen molar-refractivity contribution in [3.05, 3.63) is 24.3 Å². The largest absolute Gasteiger partial charge is 0.469 e. The van der Waals surface area contributed by atoms with Gasteiger partial charge >= 0.3 is 5.97 Å². The summed E-state index contributed by atoms with van der Waals surface area (Å²) in [6.07, 6.45) is 1.29. The Bertz CT molecular complexity index is 600. The minimum atomic E-state index is -3.61. The lowest BCUT2D eigenvalue weighted by atomic mass is 10.0. The number of methoxy groups -OCH3 is 1. The topological polar surface area (TPSA) is 89.7 Å². The summed E-state index contributed by atoms with van der Waals surface area (Å²) in [6, 6.07) is 6.17. The van der Waals surface area contributed by atoms with Gasteiger partial charge in [-0.05, 0) is 31.0 Å². The van der Waals surface area contributed by atoms with E-state index >= 15 is 0 Å². The molecule has 2 rings (SSSR count). The van der Waals surface area contributed by atoms with Crippen molar-refractivity contribution in [2.45, 2.75) is 17.7 Å². The first-order chi connectivity index (χ1) is 9.45. The van der Waals surface area contributed by atoms with Gasteiger partial charge in [0, 0.05) is 18.8 Å². The minimum absolute atomic E-state index is 0.156. The van der Waals surface area contributed by atoms with Crippen LogP contribution in [-0.2, 0) is 19.6 Å². The van der Waals surface area contributed by atoms with E-state index in [0.717, 1.165) is 0 Å². The Labute approximate surface area is 118 Å². The fourth-order valence-electron chi connectivity index (χ4n) is 2.34. The molecule has 1 saturated heterocycles. The highest BCUT2D eigenvalue weighted by molar-refractivity contribution is 7.89. The number of esters is 1. The lowest BCUT2D eigenvalue weighted by Crippen LogP contribution is -2.42. The molecule has 0 bridgehead atoms. The maximum Gasteiger partial charge on any atom is 0.309 e. The highest BCUT2D eigenvalue weighted by atomic mass is 32.2. The number of carbonyl (C=O) groups is 1. The van der Waals surface area contributed by atoms with E-state index in [4.69, 9.17) is 10.5 Å². The van der Waals surface area contributed by atoms with Crippen molar-refractivity contribution in [3.63, 3.8) is 0 Å². The number of nitrogens with two attached hydrogens (primary N) is 1. The zero-order valence-electron chi connectivity index (χ0n) is 11.3. The van der Waals surface area contributed by atoms with Crippen molar-refractivity contribution in [2.75, 3.05) is 25.9 Å². The summed E-state index contributed by atoms with van der Waals surface area (Å²) in [4.78, 5) is 11.7. The van der Waals surface area contributed by atoms with Crippen molar-refractivity contribution < 1.29 is 17.9 Å². The molecule has 1 unspecified atom stereocenters. The Morgan fingerprint density at radius 3 is 2.85 bits per heavy atom. The number of hydrogen-bond acceptors (Lipinski definition) is 5. The van der Waals surface area contributed by atoms with Crippen molar-refractivity contribution >= 4 is 21.7 Å². The Hall–Kier alpha value is -1.60. The maximum atomic E-state index is 12.5. The summed E-state index contributed by atoms with van der Waals surface area (Å²) in [5, 5.41) is 0. The molecule has 20 heavy (non-hydrogen) atoms. The van der Waals surface area contributed by atoms with Crippen molar-refractivity contribution in [3.8, 4) is 0 Å². The zero-order valence-corrected chi connectivity index (χ0v) is 12.1. The molecule has 1 aliphatic rings. The van der Waals surface area contributed by atoms with Crippen LogP contribution in [-0.4, -0.2) is 38.9 Å². The summed E-state index contributed by atoms with van der Waals surface area (Å²) in [5.41, 5.74) is 6.02. The van der Waals surface area contributed by atoms with E-state index in [1.807, 2.05) is 0 Å². The monoisotopic (exact) mass is 298 g/mol. The summed E-state index contributed by atoms with van der Waals surface area (Å²) in [6.45, 7) is 0.564. The normalized spacial score (nSPS) is 20.6. The molecule has 1 aromatic rings. The van der Waals surface area contributed by atoms with Gasteiger partial charge in [-0.2, -0.15) is 4.31 Å². The van der Waals surface area contributed by atoms with Gasteiger partial charge in [-0.15, -0.1) is 0 Å². The van der Waals surface area contributed by atoms with Crippen LogP contribution in [0.2, 0.25) is 0 Å². The Kier molecular flexibility index (Phi) is 4.29. The molecular weight excluding hydrogens is 280 g/mol. The zero-order chi connectivity index (χ0) is 14.8. The molecule has 7 heteroatoms. The van der Waals surface area contributed by atoms with Crippen LogP contribution in [0, 0.1) is 5.92 Å². The van der Waals surface area contributed by atoms with Gasteiger partial charge in [-0.3, -0.25) is 4.79 Å². The number of hydrogen-bond donors (Lipinski definition) is 1. The first kappa shape index (κ1) is 14.8. The SMILES string of the molecule is COC(=O)C1CCCN(S(=O)(=O)c2cccc(N)c2)C1. The predicted octanol–water partition coefficient (Wildman–Crippen LogP) is 0.843. The molecule has 0 radical (unpaired) electrons. The molecule has 110 valence electrons. The molecular formula is C13H18N2O4S. The lowest BCUT2D eigenvalue weighted by molar-refractivity contribution is -0.146. The van der Waals surface area contributed by atoms with Gasteiger partial charge < -0.3 is 10.5 Å². The quantitative estimate of drug-likeness (QED) is 0.660. The highest BCUT2D eigenvalue weighted by Crippen LogP contribution is 2.25. The molecule has 0 amide bonds. The van der Waals surface area contributed by atoms with E-state index in [1.54, 1.807) is 12.1 Å². The number of ether oxygens (including phenoxy) is 1. The number of nitrogens with zero attached hydrogens (tertiary/aromatic N) is 1. The van der Waals surface area contributed by atoms with Gasteiger partial charge in [0.15, 0.2) is 0 Å². The Morgan fingerprint density at radius 1 is 1.45 bits per heavy atom. The van der Waals surface area contributed by atoms with Crippen LogP contribution in [0.1, 0.15) is 12.8 Å². The van der Waals surface area contributed by atoms with Crippen LogP contribution < -0.4 is 5.73 Å². The van der Waals surface area contributed by atoms with Gasteiger partial charge in [0.05, 0.1) is 17.9 Å². The molecule has 0 aliphatic carbocycles. The number of anilines is 1. The fraction of sp³-hybridized carbons (Fsp3) is 0.462. The van der Waals surface area contributed by atoms with Crippen LogP contribution in [0.25, 0.3) is 0 Å². The van der Waals surface area contributed by atoms with E-state index in [-0.39, 0.29) is 17.4 Å². The van der Waals surface area contributed by atoms with E-state index in [2.05, 4.69) is 0 Å². The summed E-state index contributed by atoms with van der Waals surface area (Å²) >= 11 is 0. The molecule has 1 heterocycles. The molecule has 1 aromatic carbocycles. The second kappa shape index (κ2) is 5.80. The fourth-order valence-corrected chi connectivity index (χ4v) is 3.92. The van der Waals surface area contributed by atoms with Crippen LogP contribution in [0.5, 0.6) is 0 Å². The highest BCUT2D eigenvalue weighted by Gasteiger charge is 2.33. The predicted molar refractivity (Wildman–Crippen MR) is 74.4 cm³/mol. The van der Waals surface area contributed by atoms with E-state index in [1.165, 1.54) is 23.5 Å². The standard InChI is InChI=1S/C13H18N2O4S/c1-19-13(16)10-4-3-7-15(9-10)20(17,18)12-6-2-5-11(14)8-12/h2,5-6,8,10H,3-4,7,9,14H2,1H3. The first-order valence-electron chi connectivity index (χ1n) is 6.38. The van der Waals surface area contributed by atoms with Crippen molar-refractivity contribution in [1.82, 2.24) is 4.31 Å². The second-order valence-electron chi connectivity index (χ2n) is 4.80. The summed E-state index contributed by atoms with van der Waals surface area (Å²) in [5.74, 6) is -0.762. The third-order valence-corrected chi connectivity index (χ3v) is 5.28. The number of benzene rings is 1. The summed E-state index contributed by atoms with van der Waals surface area (Å²) < 4.78 is 31.0. The van der Waals surface area contributed by atoms with Crippen LogP contribution in [0.15, 0.2) is 29.2 Å². The number of carbonyl (C=O) groups excluding carboxylic acids is 1. The van der Waals surface area contributed by atoms with Crippen molar-refractivity contribution in [1.29, 1.82) is 0 Å². The maximum absolute atomic E-state index is 12.5. The molecule has 6 nitrogen and oxygen atoms in total. The molecule has 0 aromatic heterocycles. The first-order valence-corrected chi connectivity index (χ1v) is 7.82. The smallest absolute Gasteiger partial charge is 0.309 e. The van der Waals surface area contributed by atoms with Gasteiger partial charge in [-0.25, -0.2) is 8.42 Å². The van der Waals surface area contributed by atoms with E-state index in [0.29, 0.717) is 25.1 Å². The van der Waals surface area contributed by atoms with Crippen LogP contribution in [0.4, 0.5) is 5.69 Å². The molecule has 0 saturated carbocycles.